The van der Waals surface area contributed by atoms with E-state index in [0.717, 1.165) is 39.1 Å². The molecule has 0 aliphatic rings. The largest absolute Gasteiger partial charge is 0.416 e. The van der Waals surface area contributed by atoms with Crippen molar-refractivity contribution < 1.29 is 18.0 Å². The summed E-state index contributed by atoms with van der Waals surface area (Å²) in [5.41, 5.74) is 1.89. The van der Waals surface area contributed by atoms with E-state index >= 15 is 0 Å². The quantitative estimate of drug-likeness (QED) is 0.203. The minimum Gasteiger partial charge on any atom is -0.347 e. The predicted molar refractivity (Wildman–Crippen MR) is 144 cm³/mol. The molecule has 0 fully saturated rings. The standard InChI is InChI=1S/C26H20F3N5OS3/c1-16-5-2-8-19(11-16)34-23(21-9-4-10-36-21)32-33-25(34)38-15-22-31-20(14-37-22)24(35)30-13-17-6-3-7-18(12-17)26(27,28)29/h2-12,14H,13,15H2,1H3,(H,30,35). The predicted octanol–water partition coefficient (Wildman–Crippen LogP) is 7.00. The van der Waals surface area contributed by atoms with Gasteiger partial charge in [0, 0.05) is 11.9 Å². The number of nitrogens with zero attached hydrogens (tertiary/aromatic N) is 4. The number of aryl methyl sites for hydroxylation is 1. The van der Waals surface area contributed by atoms with E-state index in [9.17, 15) is 18.0 Å². The summed E-state index contributed by atoms with van der Waals surface area (Å²) in [6, 6.07) is 16.9. The summed E-state index contributed by atoms with van der Waals surface area (Å²) in [5, 5.41) is 16.5. The molecule has 12 heteroatoms. The minimum absolute atomic E-state index is 0.0323. The SMILES string of the molecule is Cc1cccc(-n2c(SCc3nc(C(=O)NCc4cccc(C(F)(F)F)c4)cs3)nnc2-c2cccs2)c1. The van der Waals surface area contributed by atoms with Gasteiger partial charge in [-0.05, 0) is 53.8 Å². The third kappa shape index (κ3) is 5.98. The fourth-order valence-electron chi connectivity index (χ4n) is 3.67. The molecule has 0 atom stereocenters. The van der Waals surface area contributed by atoms with Crippen molar-refractivity contribution in [2.45, 2.75) is 30.6 Å². The molecule has 38 heavy (non-hydrogen) atoms. The molecule has 0 unspecified atom stereocenters. The molecule has 0 aliphatic carbocycles. The van der Waals surface area contributed by atoms with Crippen LogP contribution in [0.1, 0.15) is 32.2 Å². The number of thiophene rings is 1. The maximum atomic E-state index is 12.9. The lowest BCUT2D eigenvalue weighted by atomic mass is 10.1. The Labute approximate surface area is 228 Å². The summed E-state index contributed by atoms with van der Waals surface area (Å²) < 4.78 is 40.8. The molecule has 6 nitrogen and oxygen atoms in total. The summed E-state index contributed by atoms with van der Waals surface area (Å²) in [4.78, 5) is 18.0. The van der Waals surface area contributed by atoms with Crippen molar-refractivity contribution >= 4 is 40.3 Å². The van der Waals surface area contributed by atoms with E-state index in [0.29, 0.717) is 16.5 Å². The van der Waals surface area contributed by atoms with Gasteiger partial charge in [-0.25, -0.2) is 4.98 Å². The summed E-state index contributed by atoms with van der Waals surface area (Å²) in [6.45, 7) is 2.00. The lowest BCUT2D eigenvalue weighted by molar-refractivity contribution is -0.137. The van der Waals surface area contributed by atoms with Gasteiger partial charge in [0.25, 0.3) is 5.91 Å². The first kappa shape index (κ1) is 26.1. The zero-order valence-corrected chi connectivity index (χ0v) is 22.3. The Morgan fingerprint density at radius 2 is 1.89 bits per heavy atom. The summed E-state index contributed by atoms with van der Waals surface area (Å²) in [5.74, 6) is 0.777. The second-order valence-corrected chi connectivity index (χ2v) is 11.1. The average Bonchev–Trinajstić information content (AvgIpc) is 3.66. The second-order valence-electron chi connectivity index (χ2n) is 8.25. The van der Waals surface area contributed by atoms with E-state index in [1.165, 1.54) is 35.2 Å². The number of thiazole rings is 1. The van der Waals surface area contributed by atoms with Crippen LogP contribution in [-0.4, -0.2) is 25.7 Å². The van der Waals surface area contributed by atoms with Crippen LogP contribution in [0.5, 0.6) is 0 Å². The van der Waals surface area contributed by atoms with Crippen molar-refractivity contribution in [2.75, 3.05) is 0 Å². The highest BCUT2D eigenvalue weighted by atomic mass is 32.2. The third-order valence-corrected chi connectivity index (χ3v) is 8.29. The van der Waals surface area contributed by atoms with Crippen LogP contribution in [0.25, 0.3) is 16.4 Å². The first-order valence-corrected chi connectivity index (χ1v) is 14.1. The van der Waals surface area contributed by atoms with Crippen LogP contribution in [0.15, 0.2) is 76.6 Å². The van der Waals surface area contributed by atoms with Crippen LogP contribution < -0.4 is 5.32 Å². The van der Waals surface area contributed by atoms with E-state index < -0.39 is 17.6 Å². The number of hydrogen-bond donors (Lipinski definition) is 1. The third-order valence-electron chi connectivity index (χ3n) is 5.45. The van der Waals surface area contributed by atoms with E-state index in [4.69, 9.17) is 0 Å². The van der Waals surface area contributed by atoms with Gasteiger partial charge in [0.2, 0.25) is 0 Å². The Morgan fingerprint density at radius 1 is 1.05 bits per heavy atom. The molecule has 3 heterocycles. The number of thioether (sulfide) groups is 1. The number of benzene rings is 2. The van der Waals surface area contributed by atoms with Crippen LogP contribution in [0.2, 0.25) is 0 Å². The molecular formula is C26H20F3N5OS3. The van der Waals surface area contributed by atoms with Gasteiger partial charge in [-0.3, -0.25) is 9.36 Å². The summed E-state index contributed by atoms with van der Waals surface area (Å²) in [6.07, 6.45) is -4.43. The molecule has 5 aromatic rings. The number of carbonyl (C=O) groups excluding carboxylic acids is 1. The zero-order chi connectivity index (χ0) is 26.7. The van der Waals surface area contributed by atoms with Crippen LogP contribution in [0.4, 0.5) is 13.2 Å². The highest BCUT2D eigenvalue weighted by Crippen LogP contribution is 2.33. The molecule has 1 amide bonds. The maximum Gasteiger partial charge on any atom is 0.416 e. The fraction of sp³-hybridized carbons (Fsp3) is 0.154. The average molecular weight is 572 g/mol. The smallest absolute Gasteiger partial charge is 0.347 e. The van der Waals surface area contributed by atoms with Crippen LogP contribution in [-0.2, 0) is 18.5 Å². The molecule has 0 bridgehead atoms. The van der Waals surface area contributed by atoms with Gasteiger partial charge in [-0.15, -0.1) is 32.9 Å². The minimum atomic E-state index is -4.43. The molecule has 3 aromatic heterocycles. The van der Waals surface area contributed by atoms with Crippen molar-refractivity contribution in [1.29, 1.82) is 0 Å². The molecule has 1 N–H and O–H groups in total. The van der Waals surface area contributed by atoms with Crippen molar-refractivity contribution in [3.63, 3.8) is 0 Å². The monoisotopic (exact) mass is 571 g/mol. The number of carbonyl (C=O) groups is 1. The lowest BCUT2D eigenvalue weighted by Crippen LogP contribution is -2.23. The number of rotatable bonds is 8. The van der Waals surface area contributed by atoms with Crippen LogP contribution in [0, 0.1) is 6.92 Å². The van der Waals surface area contributed by atoms with E-state index in [-0.39, 0.29) is 12.2 Å². The Bertz CT molecular complexity index is 1560. The van der Waals surface area contributed by atoms with Crippen molar-refractivity contribution in [3.05, 3.63) is 98.8 Å². The molecule has 0 aliphatic heterocycles. The van der Waals surface area contributed by atoms with Crippen LogP contribution in [0.3, 0.4) is 0 Å². The maximum absolute atomic E-state index is 12.9. The Kier molecular flexibility index (Phi) is 7.63. The Hall–Kier alpha value is -3.48. The lowest BCUT2D eigenvalue weighted by Gasteiger charge is -2.10. The second kappa shape index (κ2) is 11.1. The summed E-state index contributed by atoms with van der Waals surface area (Å²) in [7, 11) is 0. The molecule has 2 aromatic carbocycles. The molecule has 5 rings (SSSR count). The van der Waals surface area contributed by atoms with Gasteiger partial charge >= 0.3 is 6.18 Å². The number of amides is 1. The Morgan fingerprint density at radius 3 is 2.66 bits per heavy atom. The van der Waals surface area contributed by atoms with Crippen molar-refractivity contribution in [3.8, 4) is 16.4 Å². The van der Waals surface area contributed by atoms with Crippen molar-refractivity contribution in [1.82, 2.24) is 25.1 Å². The number of nitrogens with one attached hydrogen (secondary N) is 1. The highest BCUT2D eigenvalue weighted by molar-refractivity contribution is 7.98. The fourth-order valence-corrected chi connectivity index (χ4v) is 6.11. The van der Waals surface area contributed by atoms with Gasteiger partial charge in [0.15, 0.2) is 11.0 Å². The number of alkyl halides is 3. The molecule has 194 valence electrons. The highest BCUT2D eigenvalue weighted by Gasteiger charge is 2.30. The van der Waals surface area contributed by atoms with Crippen LogP contribution >= 0.6 is 34.4 Å². The van der Waals surface area contributed by atoms with E-state index in [2.05, 4.69) is 26.6 Å². The number of aromatic nitrogens is 4. The van der Waals surface area contributed by atoms with E-state index in [1.54, 1.807) is 16.7 Å². The topological polar surface area (TPSA) is 72.7 Å². The van der Waals surface area contributed by atoms with Gasteiger partial charge in [0.05, 0.1) is 21.9 Å². The van der Waals surface area contributed by atoms with E-state index in [1.807, 2.05) is 47.2 Å². The van der Waals surface area contributed by atoms with Gasteiger partial charge in [-0.2, -0.15) is 13.2 Å². The first-order chi connectivity index (χ1) is 18.3. The molecule has 0 saturated heterocycles. The van der Waals surface area contributed by atoms with Gasteiger partial charge in [0.1, 0.15) is 10.7 Å². The van der Waals surface area contributed by atoms with Crippen molar-refractivity contribution in [2.24, 2.45) is 0 Å². The Balaban J connectivity index is 1.27. The number of halogens is 3. The first-order valence-electron chi connectivity index (χ1n) is 11.4. The van der Waals surface area contributed by atoms with Gasteiger partial charge < -0.3 is 5.32 Å². The molecule has 0 spiro atoms. The number of hydrogen-bond acceptors (Lipinski definition) is 7. The molecule has 0 saturated carbocycles. The zero-order valence-electron chi connectivity index (χ0n) is 19.9. The molecular weight excluding hydrogens is 552 g/mol. The summed E-state index contributed by atoms with van der Waals surface area (Å²) >= 11 is 4.38. The van der Waals surface area contributed by atoms with Gasteiger partial charge in [-0.1, -0.05) is 42.1 Å². The normalized spacial score (nSPS) is 11.6. The molecule has 0 radical (unpaired) electrons.